The number of carbonyl (C=O) groups excluding carboxylic acids is 1. The lowest BCUT2D eigenvalue weighted by Gasteiger charge is -2.24. The molecule has 0 heterocycles. The van der Waals surface area contributed by atoms with Crippen LogP contribution < -0.4 is 15.4 Å². The molecule has 0 atom stereocenters. The zero-order valence-electron chi connectivity index (χ0n) is 12.5. The molecule has 0 saturated heterocycles. The summed E-state index contributed by atoms with van der Waals surface area (Å²) in [4.78, 5) is 12.1. The van der Waals surface area contributed by atoms with Crippen molar-refractivity contribution in [1.29, 1.82) is 0 Å². The van der Waals surface area contributed by atoms with Gasteiger partial charge in [-0.3, -0.25) is 4.79 Å². The lowest BCUT2D eigenvalue weighted by molar-refractivity contribution is 0.0936. The van der Waals surface area contributed by atoms with Crippen molar-refractivity contribution in [3.8, 4) is 5.75 Å². The van der Waals surface area contributed by atoms with Crippen LogP contribution >= 0.6 is 0 Å². The maximum absolute atomic E-state index is 12.1. The van der Waals surface area contributed by atoms with Crippen molar-refractivity contribution in [3.05, 3.63) is 29.3 Å². The largest absolute Gasteiger partial charge is 0.496 e. The Bertz CT molecular complexity index is 442. The molecule has 0 unspecified atom stereocenters. The molecule has 1 aromatic rings. The Hall–Kier alpha value is -1.55. The second-order valence-corrected chi connectivity index (χ2v) is 5.56. The van der Waals surface area contributed by atoms with Crippen LogP contribution in [0.3, 0.4) is 0 Å². The Morgan fingerprint density at radius 2 is 2.00 bits per heavy atom. The Labute approximate surface area is 115 Å². The molecule has 106 valence electrons. The molecular formula is C15H24N2O2. The van der Waals surface area contributed by atoms with Crippen molar-refractivity contribution >= 4 is 5.91 Å². The minimum absolute atomic E-state index is 0.0337. The van der Waals surface area contributed by atoms with E-state index < -0.39 is 0 Å². The fourth-order valence-corrected chi connectivity index (χ4v) is 1.98. The third-order valence-electron chi connectivity index (χ3n) is 3.04. The molecule has 0 spiro atoms. The van der Waals surface area contributed by atoms with Gasteiger partial charge in [0.1, 0.15) is 5.75 Å². The predicted molar refractivity (Wildman–Crippen MR) is 77.8 cm³/mol. The average Bonchev–Trinajstić information content (AvgIpc) is 2.36. The van der Waals surface area contributed by atoms with Crippen LogP contribution in [-0.4, -0.2) is 33.2 Å². The van der Waals surface area contributed by atoms with E-state index in [1.54, 1.807) is 13.2 Å². The fourth-order valence-electron chi connectivity index (χ4n) is 1.98. The van der Waals surface area contributed by atoms with Gasteiger partial charge >= 0.3 is 0 Å². The van der Waals surface area contributed by atoms with E-state index in [0.29, 0.717) is 12.1 Å². The maximum atomic E-state index is 12.1. The van der Waals surface area contributed by atoms with Gasteiger partial charge < -0.3 is 15.4 Å². The van der Waals surface area contributed by atoms with E-state index >= 15 is 0 Å². The van der Waals surface area contributed by atoms with Crippen LogP contribution in [-0.2, 0) is 0 Å². The number of hydrogen-bond acceptors (Lipinski definition) is 3. The Morgan fingerprint density at radius 1 is 1.32 bits per heavy atom. The Kier molecular flexibility index (Phi) is 5.36. The molecule has 0 fully saturated rings. The number of carbonyl (C=O) groups is 1. The summed E-state index contributed by atoms with van der Waals surface area (Å²) in [5.41, 5.74) is 1.66. The number of amides is 1. The number of rotatable bonds is 6. The van der Waals surface area contributed by atoms with E-state index in [2.05, 4.69) is 24.5 Å². The quantitative estimate of drug-likeness (QED) is 0.826. The third-order valence-corrected chi connectivity index (χ3v) is 3.04. The molecule has 19 heavy (non-hydrogen) atoms. The first-order chi connectivity index (χ1) is 8.89. The SMILES string of the molecule is CNCC(C)(C)CNC(=O)c1ccc(OC)c(C)c1. The number of methoxy groups -OCH3 is 1. The molecule has 4 heteroatoms. The number of nitrogens with one attached hydrogen (secondary N) is 2. The van der Waals surface area contributed by atoms with E-state index in [9.17, 15) is 4.79 Å². The van der Waals surface area contributed by atoms with Crippen LogP contribution in [0.2, 0.25) is 0 Å². The van der Waals surface area contributed by atoms with Gasteiger partial charge in [-0.25, -0.2) is 0 Å². The van der Waals surface area contributed by atoms with Gasteiger partial charge in [0.25, 0.3) is 5.91 Å². The third kappa shape index (κ3) is 4.56. The summed E-state index contributed by atoms with van der Waals surface area (Å²) in [5.74, 6) is 0.752. The fraction of sp³-hybridized carbons (Fsp3) is 0.533. The molecule has 1 rings (SSSR count). The highest BCUT2D eigenvalue weighted by Crippen LogP contribution is 2.18. The van der Waals surface area contributed by atoms with Gasteiger partial charge in [0.15, 0.2) is 0 Å². The lowest BCUT2D eigenvalue weighted by atomic mass is 9.93. The summed E-state index contributed by atoms with van der Waals surface area (Å²) in [5, 5.41) is 6.10. The number of ether oxygens (including phenoxy) is 1. The lowest BCUT2D eigenvalue weighted by Crippen LogP contribution is -2.39. The summed E-state index contributed by atoms with van der Waals surface area (Å²) in [7, 11) is 3.54. The van der Waals surface area contributed by atoms with Crippen LogP contribution in [0.4, 0.5) is 0 Å². The van der Waals surface area contributed by atoms with Crippen molar-refractivity contribution < 1.29 is 9.53 Å². The molecule has 4 nitrogen and oxygen atoms in total. The van der Waals surface area contributed by atoms with Crippen LogP contribution in [0, 0.1) is 12.3 Å². The topological polar surface area (TPSA) is 50.4 Å². The van der Waals surface area contributed by atoms with E-state index in [1.165, 1.54) is 0 Å². The van der Waals surface area contributed by atoms with Gasteiger partial charge in [-0.2, -0.15) is 0 Å². The first kappa shape index (κ1) is 15.5. The smallest absolute Gasteiger partial charge is 0.251 e. The van der Waals surface area contributed by atoms with Gasteiger partial charge in [0, 0.05) is 18.7 Å². The van der Waals surface area contributed by atoms with Gasteiger partial charge in [0.05, 0.1) is 7.11 Å². The van der Waals surface area contributed by atoms with Crippen molar-refractivity contribution in [3.63, 3.8) is 0 Å². The average molecular weight is 264 g/mol. The van der Waals surface area contributed by atoms with Crippen LogP contribution in [0.25, 0.3) is 0 Å². The standard InChI is InChI=1S/C15H24N2O2/c1-11-8-12(6-7-13(11)19-5)14(18)17-10-15(2,3)9-16-4/h6-8,16H,9-10H2,1-5H3,(H,17,18). The first-order valence-electron chi connectivity index (χ1n) is 6.47. The zero-order valence-corrected chi connectivity index (χ0v) is 12.5. The van der Waals surface area contributed by atoms with Crippen LogP contribution in [0.15, 0.2) is 18.2 Å². The molecule has 0 aliphatic rings. The van der Waals surface area contributed by atoms with Crippen molar-refractivity contribution in [1.82, 2.24) is 10.6 Å². The molecule has 0 aliphatic carbocycles. The molecule has 0 aromatic heterocycles. The summed E-state index contributed by atoms with van der Waals surface area (Å²) < 4.78 is 5.19. The van der Waals surface area contributed by atoms with Gasteiger partial charge in [-0.05, 0) is 43.1 Å². The molecule has 1 amide bonds. The van der Waals surface area contributed by atoms with Gasteiger partial charge in [0.2, 0.25) is 0 Å². The highest BCUT2D eigenvalue weighted by atomic mass is 16.5. The summed E-state index contributed by atoms with van der Waals surface area (Å²) in [6, 6.07) is 5.45. The maximum Gasteiger partial charge on any atom is 0.251 e. The Morgan fingerprint density at radius 3 is 2.53 bits per heavy atom. The molecule has 0 aliphatic heterocycles. The van der Waals surface area contributed by atoms with Crippen molar-refractivity contribution in [2.45, 2.75) is 20.8 Å². The monoisotopic (exact) mass is 264 g/mol. The number of aryl methyl sites for hydroxylation is 1. The molecule has 0 bridgehead atoms. The molecule has 0 saturated carbocycles. The highest BCUT2D eigenvalue weighted by Gasteiger charge is 2.18. The summed E-state index contributed by atoms with van der Waals surface area (Å²) >= 11 is 0. The van der Waals surface area contributed by atoms with Crippen molar-refractivity contribution in [2.24, 2.45) is 5.41 Å². The van der Waals surface area contributed by atoms with Gasteiger partial charge in [-0.1, -0.05) is 13.8 Å². The molecule has 2 N–H and O–H groups in total. The van der Waals surface area contributed by atoms with Crippen LogP contribution in [0.5, 0.6) is 5.75 Å². The number of benzene rings is 1. The zero-order chi connectivity index (χ0) is 14.5. The second-order valence-electron chi connectivity index (χ2n) is 5.56. The predicted octanol–water partition coefficient (Wildman–Crippen LogP) is 1.98. The molecule has 0 radical (unpaired) electrons. The first-order valence-corrected chi connectivity index (χ1v) is 6.47. The van der Waals surface area contributed by atoms with Crippen LogP contribution in [0.1, 0.15) is 29.8 Å². The second kappa shape index (κ2) is 6.57. The van der Waals surface area contributed by atoms with Gasteiger partial charge in [-0.15, -0.1) is 0 Å². The summed E-state index contributed by atoms with van der Waals surface area (Å²) in [6.07, 6.45) is 0. The van der Waals surface area contributed by atoms with E-state index in [4.69, 9.17) is 4.74 Å². The minimum atomic E-state index is -0.0464. The molecular weight excluding hydrogens is 240 g/mol. The normalized spacial score (nSPS) is 11.2. The van der Waals surface area contributed by atoms with Crippen molar-refractivity contribution in [2.75, 3.05) is 27.2 Å². The summed E-state index contributed by atoms with van der Waals surface area (Å²) in [6.45, 7) is 7.65. The Balaban J connectivity index is 2.66. The highest BCUT2D eigenvalue weighted by molar-refractivity contribution is 5.94. The van der Waals surface area contributed by atoms with E-state index in [-0.39, 0.29) is 11.3 Å². The minimum Gasteiger partial charge on any atom is -0.496 e. The van der Waals surface area contributed by atoms with E-state index in [0.717, 1.165) is 17.9 Å². The number of hydrogen-bond donors (Lipinski definition) is 2. The molecule has 1 aromatic carbocycles. The van der Waals surface area contributed by atoms with E-state index in [1.807, 2.05) is 26.1 Å².